The van der Waals surface area contributed by atoms with Crippen LogP contribution in [-0.2, 0) is 17.9 Å². The van der Waals surface area contributed by atoms with Gasteiger partial charge in [-0.1, -0.05) is 35.4 Å². The first-order valence-corrected chi connectivity index (χ1v) is 7.56. The number of nitrogens with one attached hydrogen (secondary N) is 1. The minimum Gasteiger partial charge on any atom is -0.348 e. The van der Waals surface area contributed by atoms with Crippen LogP contribution in [-0.4, -0.2) is 33.1 Å². The summed E-state index contributed by atoms with van der Waals surface area (Å²) in [6.45, 7) is 4.35. The van der Waals surface area contributed by atoms with Gasteiger partial charge in [0.25, 0.3) is 5.91 Å². The number of hydrogen-bond donors (Lipinski definition) is 1. The Morgan fingerprint density at radius 2 is 2.17 bits per heavy atom. The van der Waals surface area contributed by atoms with E-state index in [0.717, 1.165) is 5.56 Å². The number of carbonyl (C=O) groups excluding carboxylic acids is 2. The summed E-state index contributed by atoms with van der Waals surface area (Å²) < 4.78 is 4.61. The lowest BCUT2D eigenvalue weighted by Crippen LogP contribution is -2.46. The molecule has 0 radical (unpaired) electrons. The Kier molecular flexibility index (Phi) is 4.10. The topological polar surface area (TPSA) is 88.3 Å². The second-order valence-corrected chi connectivity index (χ2v) is 5.53. The zero-order chi connectivity index (χ0) is 16.4. The van der Waals surface area contributed by atoms with Crippen LogP contribution in [0, 0.1) is 6.92 Å². The zero-order valence-electron chi connectivity index (χ0n) is 13.1. The maximum atomic E-state index is 12.5. The minimum absolute atomic E-state index is 0.0955. The molecule has 3 rings (SSSR count). The molecule has 0 spiro atoms. The van der Waals surface area contributed by atoms with E-state index in [1.54, 1.807) is 17.9 Å². The third-order valence-electron chi connectivity index (χ3n) is 4.09. The predicted molar refractivity (Wildman–Crippen MR) is 81.3 cm³/mol. The number of hydrogen-bond acceptors (Lipinski definition) is 5. The third-order valence-corrected chi connectivity index (χ3v) is 4.09. The second-order valence-electron chi connectivity index (χ2n) is 5.53. The van der Waals surface area contributed by atoms with Gasteiger partial charge in [0.15, 0.2) is 0 Å². The Morgan fingerprint density at radius 3 is 2.83 bits per heavy atom. The molecule has 1 atom stereocenters. The minimum atomic E-state index is -0.505. The van der Waals surface area contributed by atoms with E-state index in [-0.39, 0.29) is 18.4 Å². The van der Waals surface area contributed by atoms with Crippen molar-refractivity contribution in [2.24, 2.45) is 0 Å². The molecule has 7 nitrogen and oxygen atoms in total. The van der Waals surface area contributed by atoms with Crippen molar-refractivity contribution in [2.45, 2.75) is 39.4 Å². The molecule has 1 aromatic heterocycles. The molecule has 0 unspecified atom stereocenters. The summed E-state index contributed by atoms with van der Waals surface area (Å²) in [5.74, 6) is -0.294. The number of amides is 2. The van der Waals surface area contributed by atoms with Gasteiger partial charge < -0.3 is 10.2 Å². The van der Waals surface area contributed by atoms with Gasteiger partial charge in [-0.25, -0.2) is 4.63 Å². The molecule has 1 aromatic carbocycles. The van der Waals surface area contributed by atoms with Gasteiger partial charge in [-0.3, -0.25) is 9.59 Å². The predicted octanol–water partition coefficient (Wildman–Crippen LogP) is 1.43. The van der Waals surface area contributed by atoms with Crippen LogP contribution in [0.5, 0.6) is 0 Å². The standard InChI is InChI=1S/C16H18N4O3/c1-3-14(15(21)17-8-13-10(2)18-23-19-13)20-9-11-6-4-5-7-12(11)16(20)22/h4-7,14H,3,8-9H2,1-2H3,(H,17,21)/t14-/m0/s1. The Labute approximate surface area is 133 Å². The number of carbonyl (C=O) groups is 2. The lowest BCUT2D eigenvalue weighted by molar-refractivity contribution is -0.126. The first-order valence-electron chi connectivity index (χ1n) is 7.56. The normalized spacial score (nSPS) is 14.7. The Balaban J connectivity index is 1.69. The summed E-state index contributed by atoms with van der Waals surface area (Å²) in [6, 6.07) is 6.95. The molecule has 2 heterocycles. The van der Waals surface area contributed by atoms with E-state index in [4.69, 9.17) is 0 Å². The van der Waals surface area contributed by atoms with E-state index in [1.807, 2.05) is 25.1 Å². The maximum Gasteiger partial charge on any atom is 0.255 e. The Bertz CT molecular complexity index is 740. The molecule has 23 heavy (non-hydrogen) atoms. The summed E-state index contributed by atoms with van der Waals surface area (Å²) in [5, 5.41) is 10.2. The highest BCUT2D eigenvalue weighted by molar-refractivity contribution is 6.01. The van der Waals surface area contributed by atoms with Crippen LogP contribution < -0.4 is 5.32 Å². The SMILES string of the molecule is CC[C@@H](C(=O)NCc1nonc1C)N1Cc2ccccc2C1=O. The number of aryl methyl sites for hydroxylation is 1. The van der Waals surface area contributed by atoms with Crippen molar-refractivity contribution in [3.05, 3.63) is 46.8 Å². The van der Waals surface area contributed by atoms with Crippen LogP contribution in [0.2, 0.25) is 0 Å². The van der Waals surface area contributed by atoms with Gasteiger partial charge in [0.2, 0.25) is 5.91 Å². The van der Waals surface area contributed by atoms with Crippen molar-refractivity contribution < 1.29 is 14.2 Å². The van der Waals surface area contributed by atoms with Crippen molar-refractivity contribution in [2.75, 3.05) is 0 Å². The number of nitrogens with zero attached hydrogens (tertiary/aromatic N) is 3. The fraction of sp³-hybridized carbons (Fsp3) is 0.375. The van der Waals surface area contributed by atoms with E-state index in [1.165, 1.54) is 0 Å². The lowest BCUT2D eigenvalue weighted by Gasteiger charge is -2.25. The van der Waals surface area contributed by atoms with Gasteiger partial charge in [0.05, 0.1) is 6.54 Å². The van der Waals surface area contributed by atoms with Gasteiger partial charge in [-0.15, -0.1) is 0 Å². The average Bonchev–Trinajstić information content (AvgIpc) is 3.11. The summed E-state index contributed by atoms with van der Waals surface area (Å²) in [5.41, 5.74) is 2.86. The Morgan fingerprint density at radius 1 is 1.39 bits per heavy atom. The van der Waals surface area contributed by atoms with E-state index in [0.29, 0.717) is 29.9 Å². The molecule has 0 saturated carbocycles. The molecular formula is C16H18N4O3. The molecule has 0 saturated heterocycles. The van der Waals surface area contributed by atoms with Crippen LogP contribution >= 0.6 is 0 Å². The van der Waals surface area contributed by atoms with Crippen LogP contribution in [0.25, 0.3) is 0 Å². The van der Waals surface area contributed by atoms with E-state index in [9.17, 15) is 9.59 Å². The molecule has 0 bridgehead atoms. The van der Waals surface area contributed by atoms with E-state index >= 15 is 0 Å². The van der Waals surface area contributed by atoms with Gasteiger partial charge in [-0.2, -0.15) is 0 Å². The Hall–Kier alpha value is -2.70. The quantitative estimate of drug-likeness (QED) is 0.902. The van der Waals surface area contributed by atoms with Crippen LogP contribution in [0.3, 0.4) is 0 Å². The van der Waals surface area contributed by atoms with Gasteiger partial charge in [0, 0.05) is 12.1 Å². The molecule has 2 amide bonds. The molecule has 2 aromatic rings. The number of aromatic nitrogens is 2. The van der Waals surface area contributed by atoms with Crippen molar-refractivity contribution in [1.82, 2.24) is 20.5 Å². The molecule has 7 heteroatoms. The molecule has 1 aliphatic heterocycles. The average molecular weight is 314 g/mol. The molecule has 0 aliphatic carbocycles. The highest BCUT2D eigenvalue weighted by Gasteiger charge is 2.35. The second kappa shape index (κ2) is 6.20. The third kappa shape index (κ3) is 2.81. The largest absolute Gasteiger partial charge is 0.348 e. The van der Waals surface area contributed by atoms with E-state index < -0.39 is 6.04 Å². The summed E-state index contributed by atoms with van der Waals surface area (Å²) >= 11 is 0. The summed E-state index contributed by atoms with van der Waals surface area (Å²) in [7, 11) is 0. The van der Waals surface area contributed by atoms with Gasteiger partial charge in [0.1, 0.15) is 17.4 Å². The number of benzene rings is 1. The summed E-state index contributed by atoms with van der Waals surface area (Å²) in [4.78, 5) is 26.6. The molecular weight excluding hydrogens is 296 g/mol. The van der Waals surface area contributed by atoms with Gasteiger partial charge in [-0.05, 0) is 25.0 Å². The molecule has 120 valence electrons. The van der Waals surface area contributed by atoms with E-state index in [2.05, 4.69) is 20.3 Å². The van der Waals surface area contributed by atoms with Crippen LogP contribution in [0.15, 0.2) is 28.9 Å². The van der Waals surface area contributed by atoms with Crippen molar-refractivity contribution >= 4 is 11.8 Å². The summed E-state index contributed by atoms with van der Waals surface area (Å²) in [6.07, 6.45) is 0.543. The van der Waals surface area contributed by atoms with Crippen LogP contribution in [0.4, 0.5) is 0 Å². The first-order chi connectivity index (χ1) is 11.1. The molecule has 0 fully saturated rings. The molecule has 1 N–H and O–H groups in total. The highest BCUT2D eigenvalue weighted by atomic mass is 16.6. The lowest BCUT2D eigenvalue weighted by atomic mass is 10.1. The first kappa shape index (κ1) is 15.2. The number of fused-ring (bicyclic) bond motifs is 1. The fourth-order valence-corrected chi connectivity index (χ4v) is 2.77. The number of rotatable bonds is 5. The maximum absolute atomic E-state index is 12.5. The van der Waals surface area contributed by atoms with Crippen molar-refractivity contribution in [1.29, 1.82) is 0 Å². The van der Waals surface area contributed by atoms with Gasteiger partial charge >= 0.3 is 0 Å². The van der Waals surface area contributed by atoms with Crippen LogP contribution in [0.1, 0.15) is 40.7 Å². The smallest absolute Gasteiger partial charge is 0.255 e. The van der Waals surface area contributed by atoms with Crippen molar-refractivity contribution in [3.63, 3.8) is 0 Å². The molecule has 1 aliphatic rings. The fourth-order valence-electron chi connectivity index (χ4n) is 2.77. The monoisotopic (exact) mass is 314 g/mol. The van der Waals surface area contributed by atoms with Crippen molar-refractivity contribution in [3.8, 4) is 0 Å². The highest BCUT2D eigenvalue weighted by Crippen LogP contribution is 2.25. The zero-order valence-corrected chi connectivity index (χ0v) is 13.1.